The molecule has 0 fully saturated rings. The van der Waals surface area contributed by atoms with E-state index in [0.717, 1.165) is 13.0 Å². The van der Waals surface area contributed by atoms with Crippen LogP contribution in [-0.2, 0) is 6.42 Å². The van der Waals surface area contributed by atoms with Gasteiger partial charge in [-0.25, -0.2) is 0 Å². The van der Waals surface area contributed by atoms with Crippen LogP contribution >= 0.6 is 0 Å². The van der Waals surface area contributed by atoms with Crippen LogP contribution in [0.5, 0.6) is 0 Å². The Hall–Kier alpha value is -1.49. The van der Waals surface area contributed by atoms with Crippen LogP contribution < -0.4 is 0 Å². The predicted molar refractivity (Wildman–Crippen MR) is 62.6 cm³/mol. The number of aryl methyl sites for hydroxylation is 1. The molecule has 2 nitrogen and oxygen atoms in total. The van der Waals surface area contributed by atoms with Crippen LogP contribution in [0.2, 0.25) is 0 Å². The SMILES string of the molecule is Cc1ccc(CCN(C)C#N)c(C)c1C. The average molecular weight is 202 g/mol. The second-order valence-corrected chi connectivity index (χ2v) is 4.06. The zero-order valence-electron chi connectivity index (χ0n) is 9.96. The fourth-order valence-corrected chi connectivity index (χ4v) is 1.62. The lowest BCUT2D eigenvalue weighted by Gasteiger charge is -2.13. The summed E-state index contributed by atoms with van der Waals surface area (Å²) in [6.45, 7) is 7.24. The predicted octanol–water partition coefficient (Wildman–Crippen LogP) is 2.57. The molecule has 0 bridgehead atoms. The molecule has 0 unspecified atom stereocenters. The number of nitrogens with zero attached hydrogens (tertiary/aromatic N) is 2. The molecule has 15 heavy (non-hydrogen) atoms. The molecule has 0 aliphatic heterocycles. The van der Waals surface area contributed by atoms with Gasteiger partial charge in [-0.3, -0.25) is 0 Å². The van der Waals surface area contributed by atoms with Crippen LogP contribution in [0, 0.1) is 32.2 Å². The van der Waals surface area contributed by atoms with E-state index >= 15 is 0 Å². The van der Waals surface area contributed by atoms with Crippen molar-refractivity contribution in [2.45, 2.75) is 27.2 Å². The molecular weight excluding hydrogens is 184 g/mol. The summed E-state index contributed by atoms with van der Waals surface area (Å²) in [6.07, 6.45) is 3.06. The number of hydrogen-bond donors (Lipinski definition) is 0. The fourth-order valence-electron chi connectivity index (χ4n) is 1.62. The van der Waals surface area contributed by atoms with Gasteiger partial charge in [0.15, 0.2) is 6.19 Å². The molecule has 0 saturated carbocycles. The molecule has 0 N–H and O–H groups in total. The maximum absolute atomic E-state index is 8.66. The molecule has 0 amide bonds. The molecule has 2 heteroatoms. The highest BCUT2D eigenvalue weighted by Gasteiger charge is 2.04. The molecule has 0 aromatic heterocycles. The number of hydrogen-bond acceptors (Lipinski definition) is 2. The highest BCUT2D eigenvalue weighted by atomic mass is 15.1. The lowest BCUT2D eigenvalue weighted by Crippen LogP contribution is -2.15. The number of nitriles is 1. The van der Waals surface area contributed by atoms with E-state index in [9.17, 15) is 0 Å². The van der Waals surface area contributed by atoms with E-state index in [4.69, 9.17) is 5.26 Å². The lowest BCUT2D eigenvalue weighted by atomic mass is 9.97. The first kappa shape index (κ1) is 11.6. The van der Waals surface area contributed by atoms with Crippen molar-refractivity contribution >= 4 is 0 Å². The second-order valence-electron chi connectivity index (χ2n) is 4.06. The van der Waals surface area contributed by atoms with Crippen LogP contribution in [-0.4, -0.2) is 18.5 Å². The summed E-state index contributed by atoms with van der Waals surface area (Å²) in [4.78, 5) is 1.66. The Morgan fingerprint density at radius 1 is 1.20 bits per heavy atom. The highest BCUT2D eigenvalue weighted by Crippen LogP contribution is 2.17. The molecule has 0 radical (unpaired) electrons. The van der Waals surface area contributed by atoms with Gasteiger partial charge in [0.2, 0.25) is 0 Å². The van der Waals surface area contributed by atoms with Crippen LogP contribution in [0.3, 0.4) is 0 Å². The molecule has 0 spiro atoms. The summed E-state index contributed by atoms with van der Waals surface area (Å²) in [5.41, 5.74) is 5.42. The van der Waals surface area contributed by atoms with E-state index in [1.165, 1.54) is 22.3 Å². The van der Waals surface area contributed by atoms with Gasteiger partial charge in [-0.15, -0.1) is 0 Å². The van der Waals surface area contributed by atoms with Crippen molar-refractivity contribution in [2.75, 3.05) is 13.6 Å². The zero-order valence-corrected chi connectivity index (χ0v) is 9.96. The second kappa shape index (κ2) is 4.84. The van der Waals surface area contributed by atoms with Crippen molar-refractivity contribution in [3.05, 3.63) is 34.4 Å². The van der Waals surface area contributed by atoms with Gasteiger partial charge in [0.05, 0.1) is 0 Å². The van der Waals surface area contributed by atoms with E-state index in [0.29, 0.717) is 0 Å². The quantitative estimate of drug-likeness (QED) is 0.556. The Kier molecular flexibility index (Phi) is 3.74. The normalized spacial score (nSPS) is 9.80. The molecule has 80 valence electrons. The Bertz CT molecular complexity index is 388. The third kappa shape index (κ3) is 2.73. The molecular formula is C13H18N2. The molecule has 0 atom stereocenters. The van der Waals surface area contributed by atoms with Crippen LogP contribution in [0.4, 0.5) is 0 Å². The van der Waals surface area contributed by atoms with Gasteiger partial charge in [0, 0.05) is 13.6 Å². The van der Waals surface area contributed by atoms with Gasteiger partial charge < -0.3 is 4.90 Å². The van der Waals surface area contributed by atoms with E-state index in [-0.39, 0.29) is 0 Å². The van der Waals surface area contributed by atoms with Gasteiger partial charge in [-0.2, -0.15) is 5.26 Å². The van der Waals surface area contributed by atoms with Gasteiger partial charge in [-0.1, -0.05) is 12.1 Å². The molecule has 0 aliphatic carbocycles. The molecule has 1 rings (SSSR count). The summed E-state index contributed by atoms with van der Waals surface area (Å²) >= 11 is 0. The van der Waals surface area contributed by atoms with Gasteiger partial charge in [0.1, 0.15) is 0 Å². The van der Waals surface area contributed by atoms with Gasteiger partial charge in [0.25, 0.3) is 0 Å². The molecule has 0 saturated heterocycles. The Labute approximate surface area is 92.1 Å². The Morgan fingerprint density at radius 2 is 1.87 bits per heavy atom. The minimum atomic E-state index is 0.792. The molecule has 1 aromatic carbocycles. The summed E-state index contributed by atoms with van der Waals surface area (Å²) in [7, 11) is 1.82. The van der Waals surface area contributed by atoms with Crippen molar-refractivity contribution in [3.8, 4) is 6.19 Å². The Morgan fingerprint density at radius 3 is 2.47 bits per heavy atom. The maximum Gasteiger partial charge on any atom is 0.179 e. The minimum Gasteiger partial charge on any atom is -0.313 e. The number of benzene rings is 1. The molecule has 0 aliphatic rings. The van der Waals surface area contributed by atoms with E-state index in [1.807, 2.05) is 7.05 Å². The van der Waals surface area contributed by atoms with Crippen molar-refractivity contribution < 1.29 is 0 Å². The van der Waals surface area contributed by atoms with Crippen LogP contribution in [0.15, 0.2) is 12.1 Å². The molecule has 0 heterocycles. The number of rotatable bonds is 3. The number of likely N-dealkylation sites (N-methyl/N-ethyl adjacent to an activating group) is 1. The van der Waals surface area contributed by atoms with Gasteiger partial charge in [-0.05, 0) is 49.4 Å². The topological polar surface area (TPSA) is 27.0 Å². The minimum absolute atomic E-state index is 0.792. The monoisotopic (exact) mass is 202 g/mol. The first-order valence-corrected chi connectivity index (χ1v) is 5.22. The largest absolute Gasteiger partial charge is 0.313 e. The standard InChI is InChI=1S/C13H18N2/c1-10-5-6-13(12(3)11(10)2)7-8-15(4)9-14/h5-6H,7-8H2,1-4H3. The fraction of sp³-hybridized carbons (Fsp3) is 0.462. The van der Waals surface area contributed by atoms with E-state index < -0.39 is 0 Å². The van der Waals surface area contributed by atoms with Crippen molar-refractivity contribution in [1.29, 1.82) is 5.26 Å². The molecule has 1 aromatic rings. The maximum atomic E-state index is 8.66. The lowest BCUT2D eigenvalue weighted by molar-refractivity contribution is 0.478. The van der Waals surface area contributed by atoms with E-state index in [2.05, 4.69) is 39.1 Å². The first-order valence-electron chi connectivity index (χ1n) is 5.22. The average Bonchev–Trinajstić information content (AvgIpc) is 2.24. The highest BCUT2D eigenvalue weighted by molar-refractivity contribution is 5.38. The van der Waals surface area contributed by atoms with Gasteiger partial charge >= 0.3 is 0 Å². The van der Waals surface area contributed by atoms with Crippen molar-refractivity contribution in [1.82, 2.24) is 4.90 Å². The smallest absolute Gasteiger partial charge is 0.179 e. The third-order valence-corrected chi connectivity index (χ3v) is 3.06. The third-order valence-electron chi connectivity index (χ3n) is 3.06. The summed E-state index contributed by atoms with van der Waals surface area (Å²) in [5.74, 6) is 0. The van der Waals surface area contributed by atoms with E-state index in [1.54, 1.807) is 4.90 Å². The Balaban J connectivity index is 2.80. The zero-order chi connectivity index (χ0) is 11.4. The first-order chi connectivity index (χ1) is 7.06. The van der Waals surface area contributed by atoms with Crippen molar-refractivity contribution in [2.24, 2.45) is 0 Å². The summed E-state index contributed by atoms with van der Waals surface area (Å²) < 4.78 is 0. The van der Waals surface area contributed by atoms with Crippen molar-refractivity contribution in [3.63, 3.8) is 0 Å². The van der Waals surface area contributed by atoms with Crippen LogP contribution in [0.1, 0.15) is 22.3 Å². The van der Waals surface area contributed by atoms with Crippen LogP contribution in [0.25, 0.3) is 0 Å². The summed E-state index contributed by atoms with van der Waals surface area (Å²) in [6, 6.07) is 4.33. The summed E-state index contributed by atoms with van der Waals surface area (Å²) in [5, 5.41) is 8.66.